The maximum Gasteiger partial charge on any atom is 0.418 e. The van der Waals surface area contributed by atoms with Crippen LogP contribution in [0.4, 0.5) is 18.9 Å². The number of para-hydroxylation sites is 1. The highest BCUT2D eigenvalue weighted by Crippen LogP contribution is 2.40. The largest absolute Gasteiger partial charge is 0.495 e. The lowest BCUT2D eigenvalue weighted by atomic mass is 10.0. The van der Waals surface area contributed by atoms with Crippen LogP contribution in [0.5, 0.6) is 5.75 Å². The number of methoxy groups -OCH3 is 1. The van der Waals surface area contributed by atoms with E-state index in [2.05, 4.69) is 20.9 Å². The van der Waals surface area contributed by atoms with E-state index in [9.17, 15) is 18.0 Å². The van der Waals surface area contributed by atoms with Crippen molar-refractivity contribution in [2.45, 2.75) is 29.5 Å². The fourth-order valence-corrected chi connectivity index (χ4v) is 4.72. The zero-order valence-electron chi connectivity index (χ0n) is 16.8. The summed E-state index contributed by atoms with van der Waals surface area (Å²) in [5.41, 5.74) is 2.58. The highest BCUT2D eigenvalue weighted by atomic mass is 35.5. The van der Waals surface area contributed by atoms with Gasteiger partial charge in [-0.25, -0.2) is 4.68 Å². The summed E-state index contributed by atoms with van der Waals surface area (Å²) in [7, 11) is 1.48. The Morgan fingerprint density at radius 3 is 2.69 bits per heavy atom. The van der Waals surface area contributed by atoms with Crippen LogP contribution in [0.1, 0.15) is 23.0 Å². The van der Waals surface area contributed by atoms with Gasteiger partial charge in [-0.1, -0.05) is 41.6 Å². The second-order valence-electron chi connectivity index (χ2n) is 6.94. The van der Waals surface area contributed by atoms with E-state index in [-0.39, 0.29) is 5.69 Å². The number of aryl methyl sites for hydroxylation is 1. The van der Waals surface area contributed by atoms with E-state index in [0.717, 1.165) is 17.8 Å². The molecule has 2 N–H and O–H groups in total. The molecule has 32 heavy (non-hydrogen) atoms. The lowest BCUT2D eigenvalue weighted by Gasteiger charge is -2.33. The van der Waals surface area contributed by atoms with Crippen molar-refractivity contribution in [3.8, 4) is 5.75 Å². The van der Waals surface area contributed by atoms with Gasteiger partial charge in [0.05, 0.1) is 29.4 Å². The van der Waals surface area contributed by atoms with E-state index in [0.29, 0.717) is 27.3 Å². The monoisotopic (exact) mass is 483 g/mol. The number of amides is 1. The van der Waals surface area contributed by atoms with Crippen molar-refractivity contribution in [3.05, 3.63) is 64.4 Å². The molecule has 0 bridgehead atoms. The molecule has 3 aromatic rings. The summed E-state index contributed by atoms with van der Waals surface area (Å²) in [4.78, 5) is 13.2. The predicted octanol–water partition coefficient (Wildman–Crippen LogP) is 4.67. The minimum atomic E-state index is -4.61. The van der Waals surface area contributed by atoms with Crippen LogP contribution in [0.2, 0.25) is 5.02 Å². The predicted molar refractivity (Wildman–Crippen MR) is 115 cm³/mol. The molecule has 168 valence electrons. The normalized spacial score (nSPS) is 17.9. The molecule has 0 aliphatic carbocycles. The number of anilines is 1. The Morgan fingerprint density at radius 2 is 2.00 bits per heavy atom. The number of carbonyl (C=O) groups excluding carboxylic acids is 1. The first-order chi connectivity index (χ1) is 15.2. The molecule has 0 spiro atoms. The molecular weight excluding hydrogens is 467 g/mol. The van der Waals surface area contributed by atoms with Crippen LogP contribution in [-0.4, -0.2) is 33.1 Å². The topological polar surface area (TPSA) is 81.1 Å². The Kier molecular flexibility index (Phi) is 5.95. The molecule has 2 heterocycles. The van der Waals surface area contributed by atoms with E-state index in [1.807, 2.05) is 0 Å². The zero-order valence-corrected chi connectivity index (χ0v) is 18.3. The van der Waals surface area contributed by atoms with Crippen molar-refractivity contribution in [2.75, 3.05) is 17.9 Å². The summed E-state index contributed by atoms with van der Waals surface area (Å²) in [6, 6.07) is 9.23. The Balaban J connectivity index is 1.70. The molecule has 4 rings (SSSR count). The van der Waals surface area contributed by atoms with Crippen molar-refractivity contribution >= 4 is 35.0 Å². The molecule has 0 saturated carbocycles. The lowest BCUT2D eigenvalue weighted by Crippen LogP contribution is -2.41. The maximum absolute atomic E-state index is 13.4. The van der Waals surface area contributed by atoms with Crippen LogP contribution in [0.25, 0.3) is 0 Å². The van der Waals surface area contributed by atoms with E-state index < -0.39 is 28.9 Å². The smallest absolute Gasteiger partial charge is 0.418 e. The summed E-state index contributed by atoms with van der Waals surface area (Å²) >= 11 is 7.37. The van der Waals surface area contributed by atoms with E-state index in [1.165, 1.54) is 25.3 Å². The molecule has 0 radical (unpaired) electrons. The van der Waals surface area contributed by atoms with Gasteiger partial charge in [-0.05, 0) is 36.8 Å². The van der Waals surface area contributed by atoms with Crippen molar-refractivity contribution in [3.63, 3.8) is 0 Å². The van der Waals surface area contributed by atoms with Crippen LogP contribution in [0.3, 0.4) is 0 Å². The van der Waals surface area contributed by atoms with Gasteiger partial charge < -0.3 is 15.5 Å². The molecule has 2 unspecified atom stereocenters. The number of ether oxygens (including phenoxy) is 1. The standard InChI is InChI=1S/C20H17ClF3N5O2S/c1-10-26-27-19-29(10)28-16(11-7-8-15(31-2)13(21)9-11)17(32-19)18(30)25-14-6-4-3-5-12(14)20(22,23)24/h3-9,16-17,28H,1-2H3,(H,25,30). The number of benzene rings is 2. The number of hydrogen-bond acceptors (Lipinski definition) is 6. The van der Waals surface area contributed by atoms with Gasteiger partial charge in [-0.3, -0.25) is 4.79 Å². The van der Waals surface area contributed by atoms with E-state index >= 15 is 0 Å². The van der Waals surface area contributed by atoms with Crippen molar-refractivity contribution in [1.82, 2.24) is 14.9 Å². The Morgan fingerprint density at radius 1 is 1.25 bits per heavy atom. The van der Waals surface area contributed by atoms with Gasteiger partial charge >= 0.3 is 6.18 Å². The number of halogens is 4. The van der Waals surface area contributed by atoms with Crippen LogP contribution in [0.15, 0.2) is 47.6 Å². The second-order valence-corrected chi connectivity index (χ2v) is 8.45. The molecule has 1 aliphatic heterocycles. The van der Waals surface area contributed by atoms with Gasteiger partial charge in [-0.2, -0.15) is 13.2 Å². The number of alkyl halides is 3. The van der Waals surface area contributed by atoms with Crippen molar-refractivity contribution in [1.29, 1.82) is 0 Å². The van der Waals surface area contributed by atoms with Gasteiger partial charge in [0.1, 0.15) is 16.8 Å². The highest BCUT2D eigenvalue weighted by molar-refractivity contribution is 8.00. The highest BCUT2D eigenvalue weighted by Gasteiger charge is 2.39. The zero-order chi connectivity index (χ0) is 23.0. The fourth-order valence-electron chi connectivity index (χ4n) is 3.33. The number of nitrogens with zero attached hydrogens (tertiary/aromatic N) is 3. The van der Waals surface area contributed by atoms with Gasteiger partial charge in [0.15, 0.2) is 0 Å². The Labute approximate surface area is 190 Å². The summed E-state index contributed by atoms with van der Waals surface area (Å²) in [5.74, 6) is 0.404. The number of hydrogen-bond donors (Lipinski definition) is 2. The molecule has 12 heteroatoms. The van der Waals surface area contributed by atoms with Gasteiger partial charge in [-0.15, -0.1) is 10.2 Å². The third kappa shape index (κ3) is 4.22. The summed E-state index contributed by atoms with van der Waals surface area (Å²) in [6.45, 7) is 1.74. The molecule has 1 amide bonds. The third-order valence-electron chi connectivity index (χ3n) is 4.88. The van der Waals surface area contributed by atoms with Gasteiger partial charge in [0.2, 0.25) is 11.1 Å². The Hall–Kier alpha value is -2.92. The molecule has 1 aromatic heterocycles. The summed E-state index contributed by atoms with van der Waals surface area (Å²) in [6.07, 6.45) is -4.61. The number of thioether (sulfide) groups is 1. The first-order valence-electron chi connectivity index (χ1n) is 9.35. The van der Waals surface area contributed by atoms with Gasteiger partial charge in [0.25, 0.3) is 0 Å². The van der Waals surface area contributed by atoms with Crippen LogP contribution < -0.4 is 15.5 Å². The number of nitrogens with one attached hydrogen (secondary N) is 2. The summed E-state index contributed by atoms with van der Waals surface area (Å²) in [5, 5.41) is 10.4. The number of fused-ring (bicyclic) bond motifs is 1. The average molecular weight is 484 g/mol. The van der Waals surface area contributed by atoms with Crippen molar-refractivity contribution in [2.24, 2.45) is 0 Å². The molecule has 7 nitrogen and oxygen atoms in total. The van der Waals surface area contributed by atoms with E-state index in [1.54, 1.807) is 29.8 Å². The minimum absolute atomic E-state index is 0.319. The molecule has 0 saturated heterocycles. The first kappa shape index (κ1) is 22.3. The van der Waals surface area contributed by atoms with E-state index in [4.69, 9.17) is 16.3 Å². The molecule has 0 fully saturated rings. The third-order valence-corrected chi connectivity index (χ3v) is 6.39. The molecule has 1 aliphatic rings. The van der Waals surface area contributed by atoms with Crippen LogP contribution in [-0.2, 0) is 11.0 Å². The maximum atomic E-state index is 13.4. The first-order valence-corrected chi connectivity index (χ1v) is 10.6. The number of carbonyl (C=O) groups is 1. The molecule has 2 atom stereocenters. The van der Waals surface area contributed by atoms with Crippen LogP contribution >= 0.6 is 23.4 Å². The Bertz CT molecular complexity index is 1170. The van der Waals surface area contributed by atoms with Gasteiger partial charge in [0, 0.05) is 0 Å². The summed E-state index contributed by atoms with van der Waals surface area (Å²) < 4.78 is 47.0. The fraction of sp³-hybridized carbons (Fsp3) is 0.250. The molecular formula is C20H17ClF3N5O2S. The number of aromatic nitrogens is 3. The average Bonchev–Trinajstić information content (AvgIpc) is 3.12. The van der Waals surface area contributed by atoms with Crippen LogP contribution in [0, 0.1) is 6.92 Å². The minimum Gasteiger partial charge on any atom is -0.495 e. The quantitative estimate of drug-likeness (QED) is 0.561. The second kappa shape index (κ2) is 8.55. The van der Waals surface area contributed by atoms with Crippen molar-refractivity contribution < 1.29 is 22.7 Å². The molecule has 2 aromatic carbocycles. The lowest BCUT2D eigenvalue weighted by molar-refractivity contribution is -0.137. The number of rotatable bonds is 4. The SMILES string of the molecule is COc1ccc(C2Nn3c(C)nnc3SC2C(=O)Nc2ccccc2C(F)(F)F)cc1Cl.